The Balaban J connectivity index is 1.58. The molecule has 1 aliphatic rings. The van der Waals surface area contributed by atoms with Crippen LogP contribution in [0.15, 0.2) is 89.8 Å². The lowest BCUT2D eigenvalue weighted by molar-refractivity contribution is -0.122. The Morgan fingerprint density at radius 2 is 1.59 bits per heavy atom. The quantitative estimate of drug-likeness (QED) is 0.541. The lowest BCUT2D eigenvalue weighted by atomic mass is 10.1. The summed E-state index contributed by atoms with van der Waals surface area (Å²) < 4.78 is 27.3. The van der Waals surface area contributed by atoms with Gasteiger partial charge in [0.25, 0.3) is 5.91 Å². The van der Waals surface area contributed by atoms with Crippen molar-refractivity contribution in [2.45, 2.75) is 17.9 Å². The van der Waals surface area contributed by atoms with Gasteiger partial charge in [0, 0.05) is 31.7 Å². The van der Waals surface area contributed by atoms with Gasteiger partial charge in [0.2, 0.25) is 15.9 Å². The zero-order valence-electron chi connectivity index (χ0n) is 18.8. The number of carbonyl (C=O) groups excluding carboxylic acids is 2. The second-order valence-corrected chi connectivity index (χ2v) is 10.1. The predicted octanol–water partition coefficient (Wildman–Crippen LogP) is 2.69. The van der Waals surface area contributed by atoms with Gasteiger partial charge in [-0.2, -0.15) is 4.31 Å². The summed E-state index contributed by atoms with van der Waals surface area (Å²) in [7, 11) is -3.89. The molecule has 3 aromatic rings. The van der Waals surface area contributed by atoms with Gasteiger partial charge in [0.1, 0.15) is 0 Å². The molecule has 0 unspecified atom stereocenters. The number of hydrogen-bond donors (Lipinski definition) is 1. The highest BCUT2D eigenvalue weighted by Crippen LogP contribution is 2.20. The van der Waals surface area contributed by atoms with Crippen LogP contribution >= 0.6 is 0 Å². The Morgan fingerprint density at radius 3 is 2.26 bits per heavy atom. The summed E-state index contributed by atoms with van der Waals surface area (Å²) in [6.07, 6.45) is 0.681. The third-order valence-corrected chi connectivity index (χ3v) is 7.58. The highest BCUT2D eigenvalue weighted by molar-refractivity contribution is 7.89. The van der Waals surface area contributed by atoms with E-state index >= 15 is 0 Å². The average Bonchev–Trinajstić information content (AvgIpc) is 2.87. The average molecular weight is 478 g/mol. The first kappa shape index (κ1) is 23.7. The molecule has 1 fully saturated rings. The third kappa shape index (κ3) is 5.70. The molecule has 0 aliphatic carbocycles. The van der Waals surface area contributed by atoms with Gasteiger partial charge in [-0.25, -0.2) is 8.42 Å². The Hall–Kier alpha value is -3.49. The molecule has 4 rings (SSSR count). The van der Waals surface area contributed by atoms with Crippen LogP contribution in [0.4, 0.5) is 0 Å². The van der Waals surface area contributed by atoms with E-state index in [0.717, 1.165) is 15.4 Å². The maximum atomic E-state index is 13.5. The maximum absolute atomic E-state index is 13.5. The van der Waals surface area contributed by atoms with Crippen LogP contribution in [0.1, 0.15) is 21.5 Å². The number of carbonyl (C=O) groups is 2. The van der Waals surface area contributed by atoms with Crippen molar-refractivity contribution in [1.82, 2.24) is 14.5 Å². The van der Waals surface area contributed by atoms with E-state index in [-0.39, 0.29) is 36.3 Å². The van der Waals surface area contributed by atoms with Crippen LogP contribution in [0.25, 0.3) is 0 Å². The van der Waals surface area contributed by atoms with E-state index in [1.54, 1.807) is 17.0 Å². The van der Waals surface area contributed by atoms with Crippen LogP contribution in [0.3, 0.4) is 0 Å². The largest absolute Gasteiger partial charge is 0.354 e. The summed E-state index contributed by atoms with van der Waals surface area (Å²) in [5.74, 6) is -0.578. The second kappa shape index (κ2) is 10.6. The fourth-order valence-corrected chi connectivity index (χ4v) is 5.35. The van der Waals surface area contributed by atoms with Crippen molar-refractivity contribution < 1.29 is 18.0 Å². The highest BCUT2D eigenvalue weighted by atomic mass is 32.2. The summed E-state index contributed by atoms with van der Waals surface area (Å²) in [4.78, 5) is 27.0. The Kier molecular flexibility index (Phi) is 7.40. The van der Waals surface area contributed by atoms with Gasteiger partial charge in [-0.05, 0) is 35.7 Å². The minimum Gasteiger partial charge on any atom is -0.354 e. The SMILES string of the molecule is O=C1CN(S(=O)(=O)c2cccc(C(=O)N(CCc3ccccc3)Cc3ccccc3)c2)CCN1. The van der Waals surface area contributed by atoms with E-state index in [2.05, 4.69) is 5.32 Å². The lowest BCUT2D eigenvalue weighted by Gasteiger charge is -2.26. The van der Waals surface area contributed by atoms with Gasteiger partial charge in [0.05, 0.1) is 11.4 Å². The Morgan fingerprint density at radius 1 is 0.912 bits per heavy atom. The summed E-state index contributed by atoms with van der Waals surface area (Å²) >= 11 is 0. The number of sulfonamides is 1. The molecule has 0 aromatic heterocycles. The summed E-state index contributed by atoms with van der Waals surface area (Å²) in [5, 5.41) is 2.62. The van der Waals surface area contributed by atoms with Crippen LogP contribution in [0.2, 0.25) is 0 Å². The summed E-state index contributed by atoms with van der Waals surface area (Å²) in [6.45, 7) is 1.14. The predicted molar refractivity (Wildman–Crippen MR) is 130 cm³/mol. The lowest BCUT2D eigenvalue weighted by Crippen LogP contribution is -2.49. The van der Waals surface area contributed by atoms with Crippen molar-refractivity contribution in [3.63, 3.8) is 0 Å². The number of amides is 2. The Labute approximate surface area is 200 Å². The molecule has 1 saturated heterocycles. The van der Waals surface area contributed by atoms with Gasteiger partial charge in [0.15, 0.2) is 0 Å². The van der Waals surface area contributed by atoms with Crippen molar-refractivity contribution in [2.75, 3.05) is 26.2 Å². The molecule has 8 heteroatoms. The van der Waals surface area contributed by atoms with Crippen molar-refractivity contribution in [3.05, 3.63) is 102 Å². The molecule has 176 valence electrons. The molecule has 2 amide bonds. The van der Waals surface area contributed by atoms with Crippen LogP contribution in [-0.2, 0) is 27.8 Å². The summed E-state index contributed by atoms with van der Waals surface area (Å²) in [5.41, 5.74) is 2.41. The zero-order valence-corrected chi connectivity index (χ0v) is 19.6. The third-order valence-electron chi connectivity index (χ3n) is 5.74. The molecule has 0 atom stereocenters. The number of piperazine rings is 1. The zero-order chi connectivity index (χ0) is 24.0. The molecule has 0 bridgehead atoms. The number of nitrogens with one attached hydrogen (secondary N) is 1. The van der Waals surface area contributed by atoms with E-state index in [1.165, 1.54) is 12.1 Å². The molecule has 1 aliphatic heterocycles. The molecule has 1 heterocycles. The van der Waals surface area contributed by atoms with Gasteiger partial charge in [-0.1, -0.05) is 66.7 Å². The molecular weight excluding hydrogens is 450 g/mol. The van der Waals surface area contributed by atoms with Gasteiger partial charge >= 0.3 is 0 Å². The first-order chi connectivity index (χ1) is 16.4. The van der Waals surface area contributed by atoms with E-state index in [1.807, 2.05) is 60.7 Å². The van der Waals surface area contributed by atoms with Gasteiger partial charge in [-0.3, -0.25) is 9.59 Å². The van der Waals surface area contributed by atoms with Crippen molar-refractivity contribution in [2.24, 2.45) is 0 Å². The van der Waals surface area contributed by atoms with E-state index in [4.69, 9.17) is 0 Å². The molecular formula is C26H27N3O4S. The first-order valence-electron chi connectivity index (χ1n) is 11.2. The topological polar surface area (TPSA) is 86.8 Å². The molecule has 0 saturated carbocycles. The van der Waals surface area contributed by atoms with E-state index in [0.29, 0.717) is 25.1 Å². The van der Waals surface area contributed by atoms with Gasteiger partial charge in [-0.15, -0.1) is 0 Å². The van der Waals surface area contributed by atoms with Crippen molar-refractivity contribution in [1.29, 1.82) is 0 Å². The molecule has 0 radical (unpaired) electrons. The van der Waals surface area contributed by atoms with E-state index in [9.17, 15) is 18.0 Å². The van der Waals surface area contributed by atoms with Crippen LogP contribution in [-0.4, -0.2) is 55.6 Å². The van der Waals surface area contributed by atoms with Crippen molar-refractivity contribution >= 4 is 21.8 Å². The minimum absolute atomic E-state index is 0.00997. The van der Waals surface area contributed by atoms with Crippen molar-refractivity contribution in [3.8, 4) is 0 Å². The number of hydrogen-bond acceptors (Lipinski definition) is 4. The monoisotopic (exact) mass is 477 g/mol. The Bertz CT molecular complexity index is 1250. The normalized spacial score (nSPS) is 14.4. The maximum Gasteiger partial charge on any atom is 0.254 e. The highest BCUT2D eigenvalue weighted by Gasteiger charge is 2.30. The standard InChI is InChI=1S/C26H27N3O4S/c30-25-20-29(17-15-27-25)34(32,33)24-13-7-12-23(18-24)26(31)28(19-22-10-5-2-6-11-22)16-14-21-8-3-1-4-9-21/h1-13,18H,14-17,19-20H2,(H,27,30). The fraction of sp³-hybridized carbons (Fsp3) is 0.231. The van der Waals surface area contributed by atoms with Crippen LogP contribution in [0, 0.1) is 0 Å². The van der Waals surface area contributed by atoms with Crippen LogP contribution in [0.5, 0.6) is 0 Å². The molecule has 1 N–H and O–H groups in total. The molecule has 34 heavy (non-hydrogen) atoms. The van der Waals surface area contributed by atoms with Crippen LogP contribution < -0.4 is 5.32 Å². The molecule has 0 spiro atoms. The number of rotatable bonds is 8. The smallest absolute Gasteiger partial charge is 0.254 e. The minimum atomic E-state index is -3.89. The first-order valence-corrected chi connectivity index (χ1v) is 12.6. The summed E-state index contributed by atoms with van der Waals surface area (Å²) in [6, 6.07) is 25.7. The number of nitrogens with zero attached hydrogens (tertiary/aromatic N) is 2. The number of benzene rings is 3. The molecule has 7 nitrogen and oxygen atoms in total. The van der Waals surface area contributed by atoms with E-state index < -0.39 is 10.0 Å². The molecule has 3 aromatic carbocycles. The fourth-order valence-electron chi connectivity index (χ4n) is 3.91. The second-order valence-electron chi connectivity index (χ2n) is 8.16. The van der Waals surface area contributed by atoms with Gasteiger partial charge < -0.3 is 10.2 Å².